The third kappa shape index (κ3) is 3.31. The van der Waals surface area contributed by atoms with Gasteiger partial charge in [-0.2, -0.15) is 0 Å². The van der Waals surface area contributed by atoms with E-state index in [2.05, 4.69) is 24.3 Å². The molecule has 0 amide bonds. The number of rotatable bonds is 5. The van der Waals surface area contributed by atoms with Crippen molar-refractivity contribution >= 4 is 29.0 Å². The molecule has 1 aliphatic carbocycles. The lowest BCUT2D eigenvalue weighted by atomic mass is 10.0. The molecular weight excluding hydrogens is 321 g/mol. The molecule has 0 heterocycles. The fraction of sp³-hybridized carbons (Fsp3) is 0.200. The van der Waals surface area contributed by atoms with Crippen molar-refractivity contribution in [2.45, 2.75) is 18.2 Å². The van der Waals surface area contributed by atoms with Gasteiger partial charge in [-0.25, -0.2) is 10.3 Å². The Labute approximate surface area is 146 Å². The summed E-state index contributed by atoms with van der Waals surface area (Å²) in [6.45, 7) is 2.49. The molecule has 0 aromatic heterocycles. The lowest BCUT2D eigenvalue weighted by molar-refractivity contribution is 0.144. The van der Waals surface area contributed by atoms with Crippen LogP contribution in [0.1, 0.15) is 28.7 Å². The van der Waals surface area contributed by atoms with Gasteiger partial charge in [0.25, 0.3) is 0 Å². The Morgan fingerprint density at radius 2 is 1.96 bits per heavy atom. The predicted molar refractivity (Wildman–Crippen MR) is 100.0 cm³/mol. The summed E-state index contributed by atoms with van der Waals surface area (Å²) >= 11 is 1.43. The fourth-order valence-corrected chi connectivity index (χ4v) is 3.55. The van der Waals surface area contributed by atoms with Gasteiger partial charge in [-0.3, -0.25) is 0 Å². The Morgan fingerprint density at radius 3 is 2.67 bits per heavy atom. The summed E-state index contributed by atoms with van der Waals surface area (Å²) < 4.78 is 14.1. The lowest BCUT2D eigenvalue weighted by Crippen LogP contribution is -2.01. The molecular formula is C20H20FNOS. The van der Waals surface area contributed by atoms with Gasteiger partial charge in [0.05, 0.1) is 6.61 Å². The van der Waals surface area contributed by atoms with Crippen molar-refractivity contribution < 1.29 is 9.23 Å². The molecule has 0 saturated heterocycles. The summed E-state index contributed by atoms with van der Waals surface area (Å²) in [5, 5.41) is 0. The van der Waals surface area contributed by atoms with Crippen molar-refractivity contribution in [3.8, 4) is 0 Å². The van der Waals surface area contributed by atoms with Crippen LogP contribution in [0.3, 0.4) is 0 Å². The summed E-state index contributed by atoms with van der Waals surface area (Å²) in [7, 11) is 0. The second kappa shape index (κ2) is 7.34. The summed E-state index contributed by atoms with van der Waals surface area (Å²) in [4.78, 5) is 5.40. The van der Waals surface area contributed by atoms with Crippen LogP contribution in [-0.4, -0.2) is 12.9 Å². The third-order valence-electron chi connectivity index (χ3n) is 4.25. The van der Waals surface area contributed by atoms with Crippen molar-refractivity contribution in [1.29, 1.82) is 0 Å². The number of hydrogen-bond donors (Lipinski definition) is 1. The quantitative estimate of drug-likeness (QED) is 0.609. The number of thioether (sulfide) groups is 1. The summed E-state index contributed by atoms with van der Waals surface area (Å²) in [5.41, 5.74) is 6.62. The Balaban J connectivity index is 2.04. The molecule has 0 unspecified atom stereocenters. The first kappa shape index (κ1) is 17.0. The van der Waals surface area contributed by atoms with Crippen LogP contribution in [0.25, 0.3) is 17.2 Å². The van der Waals surface area contributed by atoms with Crippen molar-refractivity contribution in [2.75, 3.05) is 12.9 Å². The molecule has 0 saturated carbocycles. The number of benzene rings is 2. The van der Waals surface area contributed by atoms with E-state index in [-0.39, 0.29) is 5.82 Å². The molecule has 2 nitrogen and oxygen atoms in total. The maximum absolute atomic E-state index is 14.1. The van der Waals surface area contributed by atoms with Crippen LogP contribution in [0.5, 0.6) is 0 Å². The van der Waals surface area contributed by atoms with E-state index in [0.29, 0.717) is 11.5 Å². The van der Waals surface area contributed by atoms with E-state index >= 15 is 0 Å². The lowest BCUT2D eigenvalue weighted by Gasteiger charge is -2.07. The number of allylic oxidation sites excluding steroid dienone is 2. The molecule has 2 aromatic rings. The van der Waals surface area contributed by atoms with E-state index < -0.39 is 0 Å². The maximum atomic E-state index is 14.1. The zero-order valence-electron chi connectivity index (χ0n) is 13.8. The van der Waals surface area contributed by atoms with E-state index in [4.69, 9.17) is 10.7 Å². The normalized spacial score (nSPS) is 14.8. The fourth-order valence-electron chi connectivity index (χ4n) is 3.00. The Bertz CT molecular complexity index is 826. The van der Waals surface area contributed by atoms with Crippen LogP contribution < -0.4 is 5.90 Å². The summed E-state index contributed by atoms with van der Waals surface area (Å²) in [6, 6.07) is 11.8. The maximum Gasteiger partial charge on any atom is 0.137 e. The molecule has 3 rings (SSSR count). The van der Waals surface area contributed by atoms with Gasteiger partial charge in [-0.1, -0.05) is 30.3 Å². The highest BCUT2D eigenvalue weighted by Crippen LogP contribution is 2.38. The van der Waals surface area contributed by atoms with Crippen LogP contribution in [0.15, 0.2) is 47.4 Å². The van der Waals surface area contributed by atoms with Gasteiger partial charge in [-0.15, -0.1) is 11.8 Å². The Hall–Kier alpha value is -1.88. The average Bonchev–Trinajstić information content (AvgIpc) is 2.94. The number of nitrogens with two attached hydrogens (primary N) is 1. The van der Waals surface area contributed by atoms with Gasteiger partial charge in [0.1, 0.15) is 5.82 Å². The molecule has 1 aliphatic rings. The van der Waals surface area contributed by atoms with E-state index in [9.17, 15) is 4.39 Å². The highest BCUT2D eigenvalue weighted by atomic mass is 32.2. The number of hydrogen-bond acceptors (Lipinski definition) is 3. The zero-order chi connectivity index (χ0) is 17.1. The van der Waals surface area contributed by atoms with Gasteiger partial charge >= 0.3 is 0 Å². The van der Waals surface area contributed by atoms with Crippen molar-refractivity contribution in [3.05, 3.63) is 70.5 Å². The molecule has 0 radical (unpaired) electrons. The zero-order valence-corrected chi connectivity index (χ0v) is 14.6. The minimum absolute atomic E-state index is 0.174. The molecule has 124 valence electrons. The first-order valence-electron chi connectivity index (χ1n) is 7.82. The second-order valence-corrected chi connectivity index (χ2v) is 6.63. The highest BCUT2D eigenvalue weighted by Gasteiger charge is 2.18. The largest absolute Gasteiger partial charge is 0.304 e. The Morgan fingerprint density at radius 1 is 1.21 bits per heavy atom. The topological polar surface area (TPSA) is 35.2 Å². The van der Waals surface area contributed by atoms with Gasteiger partial charge in [0.2, 0.25) is 0 Å². The molecule has 24 heavy (non-hydrogen) atoms. The van der Waals surface area contributed by atoms with Crippen molar-refractivity contribution in [1.82, 2.24) is 0 Å². The number of halogens is 1. The molecule has 0 spiro atoms. The number of fused-ring (bicyclic) bond motifs is 1. The van der Waals surface area contributed by atoms with E-state index in [1.807, 2.05) is 31.4 Å². The van der Waals surface area contributed by atoms with E-state index in [0.717, 1.165) is 23.1 Å². The summed E-state index contributed by atoms with van der Waals surface area (Å²) in [6.07, 6.45) is 6.84. The molecule has 2 aromatic carbocycles. The minimum atomic E-state index is -0.174. The molecule has 0 fully saturated rings. The van der Waals surface area contributed by atoms with E-state index in [1.54, 1.807) is 6.07 Å². The Kier molecular flexibility index (Phi) is 5.19. The molecule has 4 heteroatoms. The molecule has 0 atom stereocenters. The van der Waals surface area contributed by atoms with Gasteiger partial charge in [-0.05, 0) is 71.2 Å². The van der Waals surface area contributed by atoms with Crippen molar-refractivity contribution in [3.63, 3.8) is 0 Å². The van der Waals surface area contributed by atoms with Crippen molar-refractivity contribution in [2.24, 2.45) is 5.90 Å². The van der Waals surface area contributed by atoms with Crippen LogP contribution in [0, 0.1) is 12.7 Å². The first-order chi connectivity index (χ1) is 11.6. The smallest absolute Gasteiger partial charge is 0.137 e. The molecule has 0 bridgehead atoms. The van der Waals surface area contributed by atoms with Crippen LogP contribution in [0.2, 0.25) is 0 Å². The van der Waals surface area contributed by atoms with Crippen LogP contribution in [-0.2, 0) is 4.84 Å². The van der Waals surface area contributed by atoms with Gasteiger partial charge in [0, 0.05) is 4.90 Å². The van der Waals surface area contributed by atoms with Gasteiger partial charge < -0.3 is 4.84 Å². The first-order valence-corrected chi connectivity index (χ1v) is 9.04. The minimum Gasteiger partial charge on any atom is -0.304 e. The SMILES string of the molecule is CSc1cc(C)c(C=C2C=C(CCON)c3ccccc32)cc1F. The van der Waals surface area contributed by atoms with Gasteiger partial charge in [0.15, 0.2) is 0 Å². The van der Waals surface area contributed by atoms with Crippen LogP contribution >= 0.6 is 11.8 Å². The second-order valence-electron chi connectivity index (χ2n) is 5.78. The standard InChI is InChI=1S/C20H20FNOS/c1-13-9-20(24-2)19(21)12-15(13)11-16-10-14(7-8-23-22)17-5-3-4-6-18(16)17/h3-6,9-12H,7-8,22H2,1-2H3. The number of aryl methyl sites for hydroxylation is 1. The monoisotopic (exact) mass is 341 g/mol. The van der Waals surface area contributed by atoms with Crippen LogP contribution in [0.4, 0.5) is 4.39 Å². The molecule has 2 N–H and O–H groups in total. The summed E-state index contributed by atoms with van der Waals surface area (Å²) in [5.74, 6) is 4.99. The van der Waals surface area contributed by atoms with E-state index in [1.165, 1.54) is 28.5 Å². The third-order valence-corrected chi connectivity index (χ3v) is 5.01. The highest BCUT2D eigenvalue weighted by molar-refractivity contribution is 7.98. The molecule has 0 aliphatic heterocycles. The average molecular weight is 341 g/mol. The predicted octanol–water partition coefficient (Wildman–Crippen LogP) is 5.07.